The molecule has 1 N–H and O–H groups in total. The third-order valence-electron chi connectivity index (χ3n) is 5.17. The van der Waals surface area contributed by atoms with E-state index in [0.29, 0.717) is 28.7 Å². The van der Waals surface area contributed by atoms with Crippen molar-refractivity contribution in [3.05, 3.63) is 70.6 Å². The minimum Gasteiger partial charge on any atom is -0.493 e. The van der Waals surface area contributed by atoms with Gasteiger partial charge in [0.05, 0.1) is 20.8 Å². The Hall–Kier alpha value is -3.58. The van der Waals surface area contributed by atoms with E-state index in [4.69, 9.17) is 14.2 Å². The Morgan fingerprint density at radius 1 is 1.03 bits per heavy atom. The molecule has 1 amide bonds. The topological polar surface area (TPSA) is 73.9 Å². The summed E-state index contributed by atoms with van der Waals surface area (Å²) in [4.78, 5) is 25.2. The molecule has 0 aliphatic rings. The number of hydrogen-bond acceptors (Lipinski definition) is 6. The van der Waals surface area contributed by atoms with Gasteiger partial charge in [-0.1, -0.05) is 44.2 Å². The Kier molecular flexibility index (Phi) is 8.87. The molecule has 0 fully saturated rings. The van der Waals surface area contributed by atoms with E-state index in [9.17, 15) is 9.59 Å². The van der Waals surface area contributed by atoms with Crippen molar-refractivity contribution in [2.75, 3.05) is 26.1 Å². The van der Waals surface area contributed by atoms with E-state index in [1.807, 2.05) is 48.7 Å². The lowest BCUT2D eigenvalue weighted by Crippen LogP contribution is -2.11. The van der Waals surface area contributed by atoms with Crippen LogP contribution in [0.15, 0.2) is 53.9 Å². The van der Waals surface area contributed by atoms with Crippen LogP contribution in [0.5, 0.6) is 11.5 Å². The van der Waals surface area contributed by atoms with E-state index in [0.717, 1.165) is 29.5 Å². The molecule has 0 spiro atoms. The summed E-state index contributed by atoms with van der Waals surface area (Å²) < 4.78 is 16.0. The van der Waals surface area contributed by atoms with Crippen LogP contribution in [-0.2, 0) is 16.0 Å². The number of rotatable bonds is 10. The second-order valence-corrected chi connectivity index (χ2v) is 8.36. The third kappa shape index (κ3) is 6.05. The van der Waals surface area contributed by atoms with Crippen LogP contribution in [0, 0.1) is 0 Å². The first-order valence-electron chi connectivity index (χ1n) is 11.1. The second kappa shape index (κ2) is 12.0. The quantitative estimate of drug-likeness (QED) is 0.276. The zero-order valence-corrected chi connectivity index (χ0v) is 20.7. The van der Waals surface area contributed by atoms with E-state index in [1.54, 1.807) is 19.3 Å². The Balaban J connectivity index is 1.79. The molecule has 34 heavy (non-hydrogen) atoms. The highest BCUT2D eigenvalue weighted by Gasteiger charge is 2.22. The number of aryl methyl sites for hydroxylation is 1. The van der Waals surface area contributed by atoms with Gasteiger partial charge < -0.3 is 19.5 Å². The Morgan fingerprint density at radius 2 is 1.79 bits per heavy atom. The first-order valence-corrected chi connectivity index (χ1v) is 12.0. The lowest BCUT2D eigenvalue weighted by atomic mass is 10.0. The standard InChI is InChI=1S/C27H29NO5S/c1-5-15-33-22-13-9-19(16-23(22)31-3)10-14-24(29)28-26-25(27(30)32-4)21(17-34-26)20-11-7-18(6-2)8-12-20/h7-14,16-17H,5-6,15H2,1-4H3,(H,28,29)/b14-10+. The molecule has 2 aromatic carbocycles. The SMILES string of the molecule is CCCOc1ccc(/C=C/C(=O)Nc2scc(-c3ccc(CC)cc3)c2C(=O)OC)cc1OC. The molecule has 0 aliphatic carbocycles. The summed E-state index contributed by atoms with van der Waals surface area (Å²) in [7, 11) is 2.91. The Morgan fingerprint density at radius 3 is 2.44 bits per heavy atom. The van der Waals surface area contributed by atoms with Crippen LogP contribution < -0.4 is 14.8 Å². The van der Waals surface area contributed by atoms with E-state index in [1.165, 1.54) is 30.1 Å². The second-order valence-electron chi connectivity index (χ2n) is 7.48. The number of carbonyl (C=O) groups excluding carboxylic acids is 2. The predicted molar refractivity (Wildman–Crippen MR) is 137 cm³/mol. The number of nitrogens with one attached hydrogen (secondary N) is 1. The number of esters is 1. The van der Waals surface area contributed by atoms with Gasteiger partial charge in [-0.15, -0.1) is 11.3 Å². The highest BCUT2D eigenvalue weighted by atomic mass is 32.1. The number of methoxy groups -OCH3 is 2. The van der Waals surface area contributed by atoms with Crippen LogP contribution in [0.4, 0.5) is 5.00 Å². The summed E-state index contributed by atoms with van der Waals surface area (Å²) in [5, 5.41) is 5.11. The maximum absolute atomic E-state index is 12.6. The number of hydrogen-bond donors (Lipinski definition) is 1. The molecular formula is C27H29NO5S. The fraction of sp³-hybridized carbons (Fsp3) is 0.259. The summed E-state index contributed by atoms with van der Waals surface area (Å²) >= 11 is 1.29. The zero-order valence-electron chi connectivity index (χ0n) is 19.8. The van der Waals surface area contributed by atoms with Gasteiger partial charge in [-0.3, -0.25) is 4.79 Å². The van der Waals surface area contributed by atoms with Gasteiger partial charge in [0, 0.05) is 17.0 Å². The molecule has 3 aromatic rings. The molecule has 7 heteroatoms. The minimum atomic E-state index is -0.498. The predicted octanol–water partition coefficient (Wildman–Crippen LogP) is 6.21. The van der Waals surface area contributed by atoms with Gasteiger partial charge in [0.1, 0.15) is 10.6 Å². The molecule has 0 radical (unpaired) electrons. The lowest BCUT2D eigenvalue weighted by molar-refractivity contribution is -0.111. The van der Waals surface area contributed by atoms with Gasteiger partial charge in [0.2, 0.25) is 5.91 Å². The summed E-state index contributed by atoms with van der Waals surface area (Å²) in [6.07, 6.45) is 4.92. The van der Waals surface area contributed by atoms with Gasteiger partial charge in [-0.2, -0.15) is 0 Å². The fourth-order valence-corrected chi connectivity index (χ4v) is 4.29. The molecule has 1 heterocycles. The normalized spacial score (nSPS) is 10.8. The van der Waals surface area contributed by atoms with E-state index < -0.39 is 5.97 Å². The molecule has 0 atom stereocenters. The highest BCUT2D eigenvalue weighted by Crippen LogP contribution is 2.36. The van der Waals surface area contributed by atoms with Crippen LogP contribution >= 0.6 is 11.3 Å². The number of ether oxygens (including phenoxy) is 3. The average molecular weight is 480 g/mol. The largest absolute Gasteiger partial charge is 0.493 e. The number of benzene rings is 2. The minimum absolute atomic E-state index is 0.345. The summed E-state index contributed by atoms with van der Waals surface area (Å²) in [5.41, 5.74) is 3.96. The number of thiophene rings is 1. The van der Waals surface area contributed by atoms with Crippen molar-refractivity contribution in [2.24, 2.45) is 0 Å². The molecule has 6 nitrogen and oxygen atoms in total. The van der Waals surface area contributed by atoms with Gasteiger partial charge in [-0.25, -0.2) is 4.79 Å². The molecular weight excluding hydrogens is 450 g/mol. The molecule has 0 aliphatic heterocycles. The van der Waals surface area contributed by atoms with Crippen LogP contribution in [0.2, 0.25) is 0 Å². The summed E-state index contributed by atoms with van der Waals surface area (Å²) in [6, 6.07) is 13.5. The van der Waals surface area contributed by atoms with E-state index >= 15 is 0 Å². The molecule has 1 aromatic heterocycles. The molecule has 0 unspecified atom stereocenters. The Bertz CT molecular complexity index is 1160. The Labute approximate surface area is 204 Å². The van der Waals surface area contributed by atoms with Gasteiger partial charge in [-0.05, 0) is 47.7 Å². The highest BCUT2D eigenvalue weighted by molar-refractivity contribution is 7.15. The molecule has 0 saturated carbocycles. The van der Waals surface area contributed by atoms with Crippen molar-refractivity contribution >= 4 is 34.3 Å². The van der Waals surface area contributed by atoms with Crippen molar-refractivity contribution in [2.45, 2.75) is 26.7 Å². The number of carbonyl (C=O) groups is 2. The van der Waals surface area contributed by atoms with Crippen molar-refractivity contribution in [3.63, 3.8) is 0 Å². The van der Waals surface area contributed by atoms with Crippen molar-refractivity contribution in [1.82, 2.24) is 0 Å². The molecule has 0 bridgehead atoms. The molecule has 0 saturated heterocycles. The van der Waals surface area contributed by atoms with E-state index in [-0.39, 0.29) is 5.91 Å². The lowest BCUT2D eigenvalue weighted by Gasteiger charge is -2.10. The smallest absolute Gasteiger partial charge is 0.341 e. The number of anilines is 1. The first-order chi connectivity index (χ1) is 16.5. The molecule has 178 valence electrons. The van der Waals surface area contributed by atoms with Crippen LogP contribution in [0.25, 0.3) is 17.2 Å². The van der Waals surface area contributed by atoms with Crippen LogP contribution in [0.1, 0.15) is 41.8 Å². The van der Waals surface area contributed by atoms with Crippen LogP contribution in [0.3, 0.4) is 0 Å². The van der Waals surface area contributed by atoms with Crippen molar-refractivity contribution < 1.29 is 23.8 Å². The van der Waals surface area contributed by atoms with Gasteiger partial charge in [0.15, 0.2) is 11.5 Å². The van der Waals surface area contributed by atoms with Gasteiger partial charge >= 0.3 is 5.97 Å². The maximum atomic E-state index is 12.6. The maximum Gasteiger partial charge on any atom is 0.341 e. The van der Waals surface area contributed by atoms with Gasteiger partial charge in [0.25, 0.3) is 0 Å². The number of amides is 1. The van der Waals surface area contributed by atoms with Crippen molar-refractivity contribution in [1.29, 1.82) is 0 Å². The summed E-state index contributed by atoms with van der Waals surface area (Å²) in [6.45, 7) is 4.72. The van der Waals surface area contributed by atoms with Crippen molar-refractivity contribution in [3.8, 4) is 22.6 Å². The third-order valence-corrected chi connectivity index (χ3v) is 6.06. The first kappa shape index (κ1) is 25.1. The van der Waals surface area contributed by atoms with E-state index in [2.05, 4.69) is 12.2 Å². The monoisotopic (exact) mass is 479 g/mol. The average Bonchev–Trinajstić information content (AvgIpc) is 3.29. The molecule has 3 rings (SSSR count). The zero-order chi connectivity index (χ0) is 24.5. The fourth-order valence-electron chi connectivity index (χ4n) is 3.33. The van der Waals surface area contributed by atoms with Crippen LogP contribution in [-0.4, -0.2) is 32.7 Å². The summed E-state index contributed by atoms with van der Waals surface area (Å²) in [5.74, 6) is 0.403.